The lowest BCUT2D eigenvalue weighted by Crippen LogP contribution is -2.27. The molecule has 1 atom stereocenters. The lowest BCUT2D eigenvalue weighted by molar-refractivity contribution is 0.324. The Bertz CT molecular complexity index is 1220. The van der Waals surface area contributed by atoms with Crippen molar-refractivity contribution in [3.05, 3.63) is 69.4 Å². The van der Waals surface area contributed by atoms with Gasteiger partial charge in [-0.25, -0.2) is 14.5 Å². The summed E-state index contributed by atoms with van der Waals surface area (Å²) in [5, 5.41) is 8.02. The number of nitrogens with one attached hydrogen (secondary N) is 1. The number of halogens is 1. The molecule has 0 saturated carbocycles. The van der Waals surface area contributed by atoms with Gasteiger partial charge in [0, 0.05) is 54.8 Å². The Balaban J connectivity index is 1.28. The Morgan fingerprint density at radius 1 is 1.21 bits per heavy atom. The van der Waals surface area contributed by atoms with Crippen molar-refractivity contribution in [3.63, 3.8) is 0 Å². The first-order valence-electron chi connectivity index (χ1n) is 9.11. The van der Waals surface area contributed by atoms with E-state index in [1.807, 2.05) is 30.5 Å². The molecule has 1 unspecified atom stereocenters. The van der Waals surface area contributed by atoms with Gasteiger partial charge in [0.2, 0.25) is 0 Å². The monoisotopic (exact) mass is 439 g/mol. The third-order valence-electron chi connectivity index (χ3n) is 4.94. The summed E-state index contributed by atoms with van der Waals surface area (Å²) >= 11 is 3.39. The maximum atomic E-state index is 12.4. The molecule has 8 nitrogen and oxygen atoms in total. The van der Waals surface area contributed by atoms with Gasteiger partial charge in [-0.3, -0.25) is 14.1 Å². The molecule has 0 bridgehead atoms. The summed E-state index contributed by atoms with van der Waals surface area (Å²) in [5.41, 5.74) is 2.23. The zero-order chi connectivity index (χ0) is 19.1. The highest BCUT2D eigenvalue weighted by molar-refractivity contribution is 9.10. The van der Waals surface area contributed by atoms with Crippen molar-refractivity contribution < 1.29 is 0 Å². The Kier molecular flexibility index (Phi) is 4.33. The van der Waals surface area contributed by atoms with Crippen LogP contribution in [0, 0.1) is 0 Å². The van der Waals surface area contributed by atoms with E-state index in [9.17, 15) is 4.79 Å². The molecule has 4 aromatic heterocycles. The highest BCUT2D eigenvalue weighted by Gasteiger charge is 2.23. The van der Waals surface area contributed by atoms with Gasteiger partial charge < -0.3 is 5.32 Å². The first kappa shape index (κ1) is 17.3. The third kappa shape index (κ3) is 3.38. The van der Waals surface area contributed by atoms with Crippen molar-refractivity contribution in [2.24, 2.45) is 0 Å². The van der Waals surface area contributed by atoms with Crippen LogP contribution in [-0.2, 0) is 6.54 Å². The Morgan fingerprint density at radius 2 is 2.11 bits per heavy atom. The van der Waals surface area contributed by atoms with Crippen molar-refractivity contribution in [1.82, 2.24) is 28.9 Å². The van der Waals surface area contributed by atoms with E-state index in [0.717, 1.165) is 41.1 Å². The topological polar surface area (TPSA) is 79.8 Å². The van der Waals surface area contributed by atoms with Gasteiger partial charge in [0.05, 0.1) is 5.69 Å². The van der Waals surface area contributed by atoms with Crippen LogP contribution in [0.2, 0.25) is 0 Å². The molecular formula is C19H18BrN7O. The maximum Gasteiger partial charge on any atom is 0.258 e. The van der Waals surface area contributed by atoms with E-state index in [-0.39, 0.29) is 5.56 Å². The van der Waals surface area contributed by atoms with Crippen LogP contribution in [0.25, 0.3) is 11.3 Å². The van der Waals surface area contributed by atoms with Crippen molar-refractivity contribution in [2.45, 2.75) is 19.0 Å². The molecule has 28 heavy (non-hydrogen) atoms. The SMILES string of the molecule is O=c1cc(CN2CCC(Nc3ccc4nccn4n3)C2)nc2ccc(Br)cn12. The van der Waals surface area contributed by atoms with Crippen LogP contribution < -0.4 is 10.9 Å². The van der Waals surface area contributed by atoms with Gasteiger partial charge in [-0.1, -0.05) is 0 Å². The summed E-state index contributed by atoms with van der Waals surface area (Å²) in [6.45, 7) is 2.49. The van der Waals surface area contributed by atoms with E-state index in [0.29, 0.717) is 18.2 Å². The number of fused-ring (bicyclic) bond motifs is 2. The van der Waals surface area contributed by atoms with E-state index in [4.69, 9.17) is 0 Å². The second-order valence-corrected chi connectivity index (χ2v) is 7.89. The van der Waals surface area contributed by atoms with E-state index >= 15 is 0 Å². The molecule has 0 amide bonds. The molecule has 142 valence electrons. The van der Waals surface area contributed by atoms with Gasteiger partial charge in [0.25, 0.3) is 5.56 Å². The molecule has 0 aliphatic carbocycles. The molecule has 1 fully saturated rings. The van der Waals surface area contributed by atoms with Gasteiger partial charge in [-0.15, -0.1) is 5.10 Å². The van der Waals surface area contributed by atoms with Gasteiger partial charge in [0.1, 0.15) is 11.5 Å². The van der Waals surface area contributed by atoms with Gasteiger partial charge in [-0.2, -0.15) is 0 Å². The minimum atomic E-state index is -0.0620. The molecule has 9 heteroatoms. The lowest BCUT2D eigenvalue weighted by Gasteiger charge is -2.17. The summed E-state index contributed by atoms with van der Waals surface area (Å²) in [5.74, 6) is 0.838. The fourth-order valence-electron chi connectivity index (χ4n) is 3.63. The van der Waals surface area contributed by atoms with Gasteiger partial charge in [0.15, 0.2) is 5.65 Å². The number of hydrogen-bond donors (Lipinski definition) is 1. The smallest absolute Gasteiger partial charge is 0.258 e. The quantitative estimate of drug-likeness (QED) is 0.524. The molecule has 1 aliphatic rings. The lowest BCUT2D eigenvalue weighted by atomic mass is 10.2. The summed E-state index contributed by atoms with van der Waals surface area (Å²) in [7, 11) is 0. The standard InChI is InChI=1S/C19H18BrN7O/c20-13-1-3-18-23-15(9-19(28)26(18)10-13)12-25-7-5-14(11-25)22-16-2-4-17-21-6-8-27(17)24-16/h1-4,6,8-10,14H,5,7,11-12H2,(H,22,24). The number of likely N-dealkylation sites (tertiary alicyclic amines) is 1. The number of imidazole rings is 1. The Morgan fingerprint density at radius 3 is 3.04 bits per heavy atom. The number of anilines is 1. The Hall–Kier alpha value is -2.78. The van der Waals surface area contributed by atoms with E-state index in [2.05, 4.69) is 41.2 Å². The summed E-state index contributed by atoms with van der Waals surface area (Å²) in [6, 6.07) is 9.58. The van der Waals surface area contributed by atoms with Gasteiger partial charge in [-0.05, 0) is 46.6 Å². The predicted octanol–water partition coefficient (Wildman–Crippen LogP) is 2.19. The maximum absolute atomic E-state index is 12.4. The summed E-state index contributed by atoms with van der Waals surface area (Å²) < 4.78 is 4.17. The van der Waals surface area contributed by atoms with Crippen molar-refractivity contribution >= 4 is 33.0 Å². The van der Waals surface area contributed by atoms with E-state index < -0.39 is 0 Å². The fraction of sp³-hybridized carbons (Fsp3) is 0.263. The third-order valence-corrected chi connectivity index (χ3v) is 5.41. The highest BCUT2D eigenvalue weighted by atomic mass is 79.9. The molecule has 1 N–H and O–H groups in total. The fourth-order valence-corrected chi connectivity index (χ4v) is 3.97. The molecule has 4 aromatic rings. The normalized spacial score (nSPS) is 17.5. The summed E-state index contributed by atoms with van der Waals surface area (Å²) in [4.78, 5) is 23.5. The molecule has 5 heterocycles. The van der Waals surface area contributed by atoms with E-state index in [1.54, 1.807) is 27.4 Å². The molecule has 0 radical (unpaired) electrons. The van der Waals surface area contributed by atoms with Crippen LogP contribution in [0.5, 0.6) is 0 Å². The van der Waals surface area contributed by atoms with Crippen molar-refractivity contribution in [1.29, 1.82) is 0 Å². The number of nitrogens with zero attached hydrogens (tertiary/aromatic N) is 6. The highest BCUT2D eigenvalue weighted by Crippen LogP contribution is 2.17. The van der Waals surface area contributed by atoms with Crippen LogP contribution in [0.1, 0.15) is 12.1 Å². The van der Waals surface area contributed by atoms with Crippen LogP contribution in [0.15, 0.2) is 58.2 Å². The zero-order valence-electron chi connectivity index (χ0n) is 15.0. The molecule has 0 spiro atoms. The van der Waals surface area contributed by atoms with Crippen LogP contribution >= 0.6 is 15.9 Å². The largest absolute Gasteiger partial charge is 0.365 e. The molecule has 1 aliphatic heterocycles. The second kappa shape index (κ2) is 6.99. The molecule has 0 aromatic carbocycles. The first-order valence-corrected chi connectivity index (χ1v) is 9.90. The molecule has 5 rings (SSSR count). The zero-order valence-corrected chi connectivity index (χ0v) is 16.6. The predicted molar refractivity (Wildman–Crippen MR) is 109 cm³/mol. The number of hydrogen-bond acceptors (Lipinski definition) is 6. The number of aromatic nitrogens is 5. The number of pyridine rings is 1. The summed E-state index contributed by atoms with van der Waals surface area (Å²) in [6.07, 6.45) is 6.34. The first-order chi connectivity index (χ1) is 13.6. The molecule has 1 saturated heterocycles. The number of rotatable bonds is 4. The van der Waals surface area contributed by atoms with Crippen LogP contribution in [-0.4, -0.2) is 48.0 Å². The Labute approximate surface area is 169 Å². The van der Waals surface area contributed by atoms with Crippen molar-refractivity contribution in [2.75, 3.05) is 18.4 Å². The minimum Gasteiger partial charge on any atom is -0.365 e. The second-order valence-electron chi connectivity index (χ2n) is 6.97. The average Bonchev–Trinajstić information content (AvgIpc) is 3.31. The van der Waals surface area contributed by atoms with Crippen molar-refractivity contribution in [3.8, 4) is 0 Å². The molecular weight excluding hydrogens is 422 g/mol. The average molecular weight is 440 g/mol. The van der Waals surface area contributed by atoms with Gasteiger partial charge >= 0.3 is 0 Å². The van der Waals surface area contributed by atoms with E-state index in [1.165, 1.54) is 0 Å². The van der Waals surface area contributed by atoms with Crippen LogP contribution in [0.4, 0.5) is 5.82 Å². The van der Waals surface area contributed by atoms with Crippen LogP contribution in [0.3, 0.4) is 0 Å². The minimum absolute atomic E-state index is 0.0620.